The van der Waals surface area contributed by atoms with E-state index in [-0.39, 0.29) is 5.78 Å². The van der Waals surface area contributed by atoms with Gasteiger partial charge in [0.2, 0.25) is 0 Å². The molecular weight excluding hydrogens is 302 g/mol. The Bertz CT molecular complexity index is 602. The maximum atomic E-state index is 11.9. The fraction of sp³-hybridized carbons (Fsp3) is 0.0625. The van der Waals surface area contributed by atoms with Gasteiger partial charge >= 0.3 is 0 Å². The minimum Gasteiger partial charge on any atom is -0.361 e. The fourth-order valence-electron chi connectivity index (χ4n) is 1.65. The van der Waals surface area contributed by atoms with Crippen molar-refractivity contribution in [3.05, 3.63) is 76.4 Å². The Balaban J connectivity index is 2.01. The Morgan fingerprint density at radius 3 is 2.47 bits per heavy atom. The molecule has 0 spiro atoms. The molecule has 0 aliphatic carbocycles. The third kappa shape index (κ3) is 3.80. The van der Waals surface area contributed by atoms with Crippen LogP contribution in [0.5, 0.6) is 0 Å². The van der Waals surface area contributed by atoms with Crippen molar-refractivity contribution in [1.82, 2.24) is 0 Å². The second-order valence-corrected chi connectivity index (χ2v) is 5.08. The van der Waals surface area contributed by atoms with Crippen LogP contribution in [-0.2, 0) is 0 Å². The van der Waals surface area contributed by atoms with Crippen LogP contribution >= 0.6 is 15.9 Å². The van der Waals surface area contributed by atoms with Gasteiger partial charge in [-0.3, -0.25) is 4.79 Å². The molecule has 0 unspecified atom stereocenters. The molecule has 2 aromatic rings. The zero-order valence-corrected chi connectivity index (χ0v) is 12.1. The number of carbonyl (C=O) groups excluding carboxylic acids is 1. The first-order valence-electron chi connectivity index (χ1n) is 5.95. The molecule has 2 nitrogen and oxygen atoms in total. The van der Waals surface area contributed by atoms with Gasteiger partial charge in [-0.1, -0.05) is 34.1 Å². The van der Waals surface area contributed by atoms with Gasteiger partial charge < -0.3 is 5.32 Å². The first kappa shape index (κ1) is 13.6. The summed E-state index contributed by atoms with van der Waals surface area (Å²) in [5.74, 6) is -0.0198. The molecular formula is C16H14BrNO. The summed E-state index contributed by atoms with van der Waals surface area (Å²) in [6, 6.07) is 15.2. The van der Waals surface area contributed by atoms with Crippen LogP contribution in [0.25, 0.3) is 0 Å². The molecule has 0 heterocycles. The third-order valence-corrected chi connectivity index (χ3v) is 3.28. The van der Waals surface area contributed by atoms with E-state index >= 15 is 0 Å². The number of hydrogen-bond acceptors (Lipinski definition) is 2. The van der Waals surface area contributed by atoms with E-state index in [9.17, 15) is 4.79 Å². The number of hydrogen-bond donors (Lipinski definition) is 1. The minimum atomic E-state index is -0.0198. The molecule has 2 rings (SSSR count). The van der Waals surface area contributed by atoms with Crippen LogP contribution in [0.2, 0.25) is 0 Å². The van der Waals surface area contributed by atoms with E-state index in [2.05, 4.69) is 21.2 Å². The molecule has 0 aliphatic rings. The normalized spacial score (nSPS) is 10.6. The number of halogens is 1. The molecule has 1 N–H and O–H groups in total. The van der Waals surface area contributed by atoms with Gasteiger partial charge in [0.1, 0.15) is 0 Å². The van der Waals surface area contributed by atoms with Crippen molar-refractivity contribution in [2.24, 2.45) is 0 Å². The summed E-state index contributed by atoms with van der Waals surface area (Å²) in [7, 11) is 0. The summed E-state index contributed by atoms with van der Waals surface area (Å²) in [6.07, 6.45) is 3.21. The summed E-state index contributed by atoms with van der Waals surface area (Å²) in [6.45, 7) is 2.02. The van der Waals surface area contributed by atoms with Crippen molar-refractivity contribution < 1.29 is 4.79 Å². The second kappa shape index (κ2) is 6.34. The van der Waals surface area contributed by atoms with Crippen molar-refractivity contribution in [2.45, 2.75) is 6.92 Å². The summed E-state index contributed by atoms with van der Waals surface area (Å²) in [5.41, 5.74) is 2.82. The summed E-state index contributed by atoms with van der Waals surface area (Å²) < 4.78 is 0.964. The average Bonchev–Trinajstić information content (AvgIpc) is 2.41. The second-order valence-electron chi connectivity index (χ2n) is 4.16. The molecule has 0 atom stereocenters. The highest BCUT2D eigenvalue weighted by molar-refractivity contribution is 9.10. The van der Waals surface area contributed by atoms with Gasteiger partial charge in [-0.15, -0.1) is 0 Å². The van der Waals surface area contributed by atoms with Crippen molar-refractivity contribution >= 4 is 27.4 Å². The summed E-state index contributed by atoms with van der Waals surface area (Å²) in [4.78, 5) is 11.9. The molecule has 0 amide bonds. The standard InChI is InChI=1S/C16H14BrNO/c1-12-4-2-3-5-15(12)18-11-10-16(19)13-6-8-14(17)9-7-13/h2-11,18H,1H3/b11-10-. The van der Waals surface area contributed by atoms with Crippen molar-refractivity contribution in [3.8, 4) is 0 Å². The highest BCUT2D eigenvalue weighted by Gasteiger charge is 2.00. The Hall–Kier alpha value is -1.87. The number of anilines is 1. The molecule has 0 radical (unpaired) electrons. The van der Waals surface area contributed by atoms with E-state index < -0.39 is 0 Å². The number of rotatable bonds is 4. The van der Waals surface area contributed by atoms with Gasteiger partial charge in [0.15, 0.2) is 5.78 Å². The van der Waals surface area contributed by atoms with Gasteiger partial charge in [0.05, 0.1) is 0 Å². The highest BCUT2D eigenvalue weighted by Crippen LogP contribution is 2.13. The lowest BCUT2D eigenvalue weighted by atomic mass is 10.1. The molecule has 2 aromatic carbocycles. The lowest BCUT2D eigenvalue weighted by Gasteiger charge is -2.03. The maximum Gasteiger partial charge on any atom is 0.187 e. The average molecular weight is 316 g/mol. The van der Waals surface area contributed by atoms with E-state index in [4.69, 9.17) is 0 Å². The van der Waals surface area contributed by atoms with E-state index in [1.54, 1.807) is 18.3 Å². The molecule has 19 heavy (non-hydrogen) atoms. The maximum absolute atomic E-state index is 11.9. The quantitative estimate of drug-likeness (QED) is 0.661. The van der Waals surface area contributed by atoms with Crippen LogP contribution in [0, 0.1) is 6.92 Å². The van der Waals surface area contributed by atoms with E-state index in [1.165, 1.54) is 6.08 Å². The fourth-order valence-corrected chi connectivity index (χ4v) is 1.92. The van der Waals surface area contributed by atoms with Crippen LogP contribution in [0.4, 0.5) is 5.69 Å². The van der Waals surface area contributed by atoms with Gasteiger partial charge in [-0.25, -0.2) is 0 Å². The van der Waals surface area contributed by atoms with Crippen molar-refractivity contribution in [2.75, 3.05) is 5.32 Å². The Morgan fingerprint density at radius 1 is 1.11 bits per heavy atom. The lowest BCUT2D eigenvalue weighted by molar-refractivity contribution is 0.104. The van der Waals surface area contributed by atoms with Gasteiger partial charge in [0.25, 0.3) is 0 Å². The SMILES string of the molecule is Cc1ccccc1N/C=C\C(=O)c1ccc(Br)cc1. The van der Waals surface area contributed by atoms with E-state index in [1.807, 2.05) is 43.3 Å². The molecule has 0 saturated heterocycles. The number of nitrogens with one attached hydrogen (secondary N) is 1. The van der Waals surface area contributed by atoms with Gasteiger partial charge in [0, 0.05) is 28.0 Å². The van der Waals surface area contributed by atoms with Crippen molar-refractivity contribution in [3.63, 3.8) is 0 Å². The molecule has 0 aromatic heterocycles. The number of para-hydroxylation sites is 1. The monoisotopic (exact) mass is 315 g/mol. The molecule has 0 fully saturated rings. The smallest absolute Gasteiger partial charge is 0.187 e. The van der Waals surface area contributed by atoms with Gasteiger partial charge in [-0.05, 0) is 42.8 Å². The number of aryl methyl sites for hydroxylation is 1. The molecule has 0 aliphatic heterocycles. The first-order valence-corrected chi connectivity index (χ1v) is 6.75. The summed E-state index contributed by atoms with van der Waals surface area (Å²) in [5, 5.41) is 3.11. The Labute approximate surface area is 121 Å². The van der Waals surface area contributed by atoms with Crippen LogP contribution in [0.1, 0.15) is 15.9 Å². The number of carbonyl (C=O) groups is 1. The van der Waals surface area contributed by atoms with Crippen LogP contribution in [-0.4, -0.2) is 5.78 Å². The molecule has 96 valence electrons. The largest absolute Gasteiger partial charge is 0.361 e. The Kier molecular flexibility index (Phi) is 4.53. The third-order valence-electron chi connectivity index (χ3n) is 2.75. The van der Waals surface area contributed by atoms with Crippen molar-refractivity contribution in [1.29, 1.82) is 0 Å². The lowest BCUT2D eigenvalue weighted by Crippen LogP contribution is -1.96. The zero-order valence-electron chi connectivity index (χ0n) is 10.6. The molecule has 3 heteroatoms. The van der Waals surface area contributed by atoms with Gasteiger partial charge in [-0.2, -0.15) is 0 Å². The van der Waals surface area contributed by atoms with E-state index in [0.29, 0.717) is 5.56 Å². The number of allylic oxidation sites excluding steroid dienone is 1. The molecule has 0 bridgehead atoms. The minimum absolute atomic E-state index is 0.0198. The Morgan fingerprint density at radius 2 is 1.79 bits per heavy atom. The first-order chi connectivity index (χ1) is 9.16. The topological polar surface area (TPSA) is 29.1 Å². The predicted molar refractivity (Wildman–Crippen MR) is 82.4 cm³/mol. The number of benzene rings is 2. The zero-order chi connectivity index (χ0) is 13.7. The highest BCUT2D eigenvalue weighted by atomic mass is 79.9. The van der Waals surface area contributed by atoms with Crippen LogP contribution < -0.4 is 5.32 Å². The summed E-state index contributed by atoms with van der Waals surface area (Å²) >= 11 is 3.34. The van der Waals surface area contributed by atoms with E-state index in [0.717, 1.165) is 15.7 Å². The predicted octanol–water partition coefficient (Wildman–Crippen LogP) is 4.57. The molecule has 0 saturated carbocycles. The van der Waals surface area contributed by atoms with Crippen LogP contribution in [0.3, 0.4) is 0 Å². The number of ketones is 1. The van der Waals surface area contributed by atoms with Crippen LogP contribution in [0.15, 0.2) is 65.3 Å².